The van der Waals surface area contributed by atoms with Gasteiger partial charge >= 0.3 is 12.3 Å². The van der Waals surface area contributed by atoms with Crippen molar-refractivity contribution in [3.63, 3.8) is 0 Å². The second kappa shape index (κ2) is 6.96. The van der Waals surface area contributed by atoms with Crippen molar-refractivity contribution in [2.75, 3.05) is 23.4 Å². The highest BCUT2D eigenvalue weighted by Gasteiger charge is 2.45. The van der Waals surface area contributed by atoms with Crippen LogP contribution in [0.5, 0.6) is 11.5 Å². The highest BCUT2D eigenvalue weighted by atomic mass is 32.1. The lowest BCUT2D eigenvalue weighted by atomic mass is 9.92. The van der Waals surface area contributed by atoms with Crippen LogP contribution in [0.1, 0.15) is 27.3 Å². The molecule has 2 aromatic heterocycles. The lowest BCUT2D eigenvalue weighted by Crippen LogP contribution is -2.64. The molecule has 3 aromatic rings. The van der Waals surface area contributed by atoms with Crippen LogP contribution < -0.4 is 19.7 Å². The second-order valence-corrected chi connectivity index (χ2v) is 8.74. The summed E-state index contributed by atoms with van der Waals surface area (Å²) in [6.07, 6.45) is -1.46. The minimum Gasteiger partial charge on any atom is -0.478 e. The monoisotopic (exact) mass is 476 g/mol. The largest absolute Gasteiger partial charge is 0.586 e. The van der Waals surface area contributed by atoms with Gasteiger partial charge in [0.1, 0.15) is 5.69 Å². The van der Waals surface area contributed by atoms with E-state index in [1.807, 2.05) is 0 Å². The Labute approximate surface area is 187 Å². The number of rotatable bonds is 4. The van der Waals surface area contributed by atoms with E-state index >= 15 is 0 Å². The average molecular weight is 476 g/mol. The number of carboxylic acid groups (broad SMARTS) is 1. The summed E-state index contributed by atoms with van der Waals surface area (Å²) in [6, 6.07) is 4.04. The minimum atomic E-state index is -3.92. The molecule has 3 aliphatic heterocycles. The van der Waals surface area contributed by atoms with Crippen molar-refractivity contribution in [2.45, 2.75) is 24.8 Å². The summed E-state index contributed by atoms with van der Waals surface area (Å²) < 4.78 is 41.5. The van der Waals surface area contributed by atoms with Crippen LogP contribution in [0.3, 0.4) is 0 Å². The van der Waals surface area contributed by atoms with Crippen molar-refractivity contribution in [1.82, 2.24) is 9.97 Å². The van der Waals surface area contributed by atoms with Crippen LogP contribution in [-0.4, -0.2) is 58.5 Å². The van der Waals surface area contributed by atoms with Crippen molar-refractivity contribution >= 4 is 44.2 Å². The number of carbonyl (C=O) groups is 2. The van der Waals surface area contributed by atoms with Gasteiger partial charge in [0.2, 0.25) is 0 Å². The molecule has 0 aliphatic carbocycles. The van der Waals surface area contributed by atoms with Gasteiger partial charge in [-0.25, -0.2) is 14.8 Å². The maximum atomic E-state index is 13.4. The highest BCUT2D eigenvalue weighted by molar-refractivity contribution is 7.22. The Kier molecular flexibility index (Phi) is 4.23. The predicted molar refractivity (Wildman–Crippen MR) is 110 cm³/mol. The van der Waals surface area contributed by atoms with Crippen molar-refractivity contribution in [3.05, 3.63) is 35.7 Å². The maximum Gasteiger partial charge on any atom is 0.586 e. The molecule has 2 saturated heterocycles. The number of fused-ring (bicyclic) bond motifs is 4. The predicted octanol–water partition coefficient (Wildman–Crippen LogP) is 2.94. The highest BCUT2D eigenvalue weighted by Crippen LogP contribution is 2.44. The van der Waals surface area contributed by atoms with Gasteiger partial charge in [0.05, 0.1) is 46.8 Å². The number of aromatic nitrogens is 2. The molecule has 2 fully saturated rings. The number of pyridine rings is 1. The summed E-state index contributed by atoms with van der Waals surface area (Å²) in [6.45, 7) is 1.25. The molecule has 10 nitrogen and oxygen atoms in total. The normalized spacial score (nSPS) is 22.2. The summed E-state index contributed by atoms with van der Waals surface area (Å²) in [5.41, 5.74) is -0.0539. The lowest BCUT2D eigenvalue weighted by Gasteiger charge is -2.52. The van der Waals surface area contributed by atoms with Crippen molar-refractivity contribution in [3.8, 4) is 11.5 Å². The van der Waals surface area contributed by atoms with Crippen molar-refractivity contribution in [2.24, 2.45) is 0 Å². The summed E-state index contributed by atoms with van der Waals surface area (Å²) in [5, 5.41) is 12.7. The number of hydrogen-bond acceptors (Lipinski definition) is 9. The Morgan fingerprint density at radius 2 is 1.94 bits per heavy atom. The first kappa shape index (κ1) is 20.1. The molecule has 0 radical (unpaired) electrons. The quantitative estimate of drug-likeness (QED) is 0.585. The van der Waals surface area contributed by atoms with Gasteiger partial charge < -0.3 is 29.5 Å². The smallest absolute Gasteiger partial charge is 0.478 e. The standard InChI is InChI=1S/C20H14F2N4O6S/c21-20(22)31-13-4-10(18(28)29)12(5-14(13)32-20)24-17(27)15-16-11(1-2-23-15)25-19(33-16)26-8-3-9(26)7-30-6-8/h1-2,4-5,8-9H,3,6-7H2,(H,24,27)(H,28,29). The van der Waals surface area contributed by atoms with Gasteiger partial charge in [0.25, 0.3) is 5.91 Å². The SMILES string of the molecule is O=C(O)c1cc2c(cc1NC(=O)c1nccc3nc(N4C5COCC4C5)sc13)OC(F)(F)O2. The number of hydrogen-bond donors (Lipinski definition) is 2. The number of amides is 1. The van der Waals surface area contributed by atoms with E-state index in [-0.39, 0.29) is 23.5 Å². The Morgan fingerprint density at radius 3 is 2.64 bits per heavy atom. The first-order valence-corrected chi connectivity index (χ1v) is 10.7. The first-order chi connectivity index (χ1) is 15.8. The Balaban J connectivity index is 1.33. The number of morpholine rings is 1. The molecule has 1 amide bonds. The van der Waals surface area contributed by atoms with Gasteiger partial charge in [-0.3, -0.25) is 4.79 Å². The van der Waals surface area contributed by atoms with Crippen LogP contribution in [0, 0.1) is 0 Å². The van der Waals surface area contributed by atoms with Crippen LogP contribution >= 0.6 is 11.3 Å². The summed E-state index contributed by atoms with van der Waals surface area (Å²) >= 11 is 1.31. The molecule has 0 spiro atoms. The van der Waals surface area contributed by atoms with E-state index in [2.05, 4.69) is 29.7 Å². The number of nitrogens with zero attached hydrogens (tertiary/aromatic N) is 3. The molecule has 0 saturated carbocycles. The summed E-state index contributed by atoms with van der Waals surface area (Å²) in [7, 11) is 0. The molecule has 2 atom stereocenters. The Hall–Kier alpha value is -3.58. The number of anilines is 2. The van der Waals surface area contributed by atoms with Gasteiger partial charge in [-0.05, 0) is 12.5 Å². The van der Waals surface area contributed by atoms with Crippen LogP contribution in [0.4, 0.5) is 19.6 Å². The topological polar surface area (TPSA) is 123 Å². The molecule has 2 bridgehead atoms. The van der Waals surface area contributed by atoms with Gasteiger partial charge in [0.15, 0.2) is 16.6 Å². The number of alkyl halides is 2. The Morgan fingerprint density at radius 1 is 1.21 bits per heavy atom. The fraction of sp³-hybridized carbons (Fsp3) is 0.300. The van der Waals surface area contributed by atoms with Crippen LogP contribution in [0.15, 0.2) is 24.4 Å². The third-order valence-corrected chi connectivity index (χ3v) is 6.79. The van der Waals surface area contributed by atoms with Crippen molar-refractivity contribution in [1.29, 1.82) is 0 Å². The number of carboxylic acids is 1. The van der Waals surface area contributed by atoms with E-state index in [0.29, 0.717) is 23.4 Å². The van der Waals surface area contributed by atoms with E-state index in [1.54, 1.807) is 6.07 Å². The van der Waals surface area contributed by atoms with E-state index in [1.165, 1.54) is 17.5 Å². The van der Waals surface area contributed by atoms with E-state index in [4.69, 9.17) is 4.74 Å². The zero-order valence-electron chi connectivity index (χ0n) is 16.6. The number of carbonyl (C=O) groups excluding carboxylic acids is 1. The molecule has 2 N–H and O–H groups in total. The number of benzene rings is 1. The molecule has 33 heavy (non-hydrogen) atoms. The summed E-state index contributed by atoms with van der Waals surface area (Å²) in [5.74, 6) is -2.98. The van der Waals surface area contributed by atoms with E-state index < -0.39 is 35.2 Å². The molecule has 170 valence electrons. The maximum absolute atomic E-state index is 13.4. The molecule has 13 heteroatoms. The van der Waals surface area contributed by atoms with E-state index in [0.717, 1.165) is 23.7 Å². The molecule has 3 aliphatic rings. The zero-order valence-corrected chi connectivity index (χ0v) is 17.4. The molecule has 6 rings (SSSR count). The van der Waals surface area contributed by atoms with Gasteiger partial charge in [-0.2, -0.15) is 0 Å². The summed E-state index contributed by atoms with van der Waals surface area (Å²) in [4.78, 5) is 35.7. The number of ether oxygens (including phenoxy) is 3. The molecule has 5 heterocycles. The fourth-order valence-electron chi connectivity index (χ4n) is 4.22. The lowest BCUT2D eigenvalue weighted by molar-refractivity contribution is -0.286. The third kappa shape index (κ3) is 3.23. The first-order valence-electron chi connectivity index (χ1n) is 9.89. The molecular formula is C20H14F2N4O6S. The number of thiazole rings is 1. The van der Waals surface area contributed by atoms with Crippen LogP contribution in [-0.2, 0) is 4.74 Å². The van der Waals surface area contributed by atoms with Gasteiger partial charge in [-0.15, -0.1) is 8.78 Å². The van der Waals surface area contributed by atoms with E-state index in [9.17, 15) is 23.5 Å². The van der Waals surface area contributed by atoms with Gasteiger partial charge in [-0.1, -0.05) is 11.3 Å². The molecule has 1 aromatic carbocycles. The molecular weight excluding hydrogens is 462 g/mol. The average Bonchev–Trinajstić information content (AvgIpc) is 3.31. The second-order valence-electron chi connectivity index (χ2n) is 7.76. The van der Waals surface area contributed by atoms with Crippen molar-refractivity contribution < 1.29 is 37.7 Å². The van der Waals surface area contributed by atoms with Gasteiger partial charge in [0, 0.05) is 18.3 Å². The fourth-order valence-corrected chi connectivity index (χ4v) is 5.42. The number of nitrogens with one attached hydrogen (secondary N) is 1. The molecule has 2 unspecified atom stereocenters. The zero-order chi connectivity index (χ0) is 22.9. The minimum absolute atomic E-state index is 0.0394. The Bertz CT molecular complexity index is 1320. The van der Waals surface area contributed by atoms with Crippen LogP contribution in [0.2, 0.25) is 0 Å². The number of aromatic carboxylic acids is 1. The number of halogens is 2. The third-order valence-electron chi connectivity index (χ3n) is 5.70. The van der Waals surface area contributed by atoms with Crippen LogP contribution in [0.25, 0.3) is 10.2 Å².